The molecule has 0 atom stereocenters. The van der Waals surface area contributed by atoms with Crippen molar-refractivity contribution in [2.75, 3.05) is 18.0 Å². The second-order valence-electron chi connectivity index (χ2n) is 2.78. The zero-order valence-corrected chi connectivity index (χ0v) is 8.62. The number of nitrogens with two attached hydrogens (primary N) is 1. The van der Waals surface area contributed by atoms with Gasteiger partial charge in [-0.1, -0.05) is 11.8 Å². The van der Waals surface area contributed by atoms with Crippen LogP contribution in [0.15, 0.2) is 17.4 Å². The molecule has 1 aromatic rings. The summed E-state index contributed by atoms with van der Waals surface area (Å²) in [6, 6.07) is 0. The van der Waals surface area contributed by atoms with Crippen LogP contribution in [-0.2, 0) is 0 Å². The highest BCUT2D eigenvalue weighted by molar-refractivity contribution is 8.14. The first-order chi connectivity index (χ1) is 7.27. The summed E-state index contributed by atoms with van der Waals surface area (Å²) >= 11 is 1.50. The lowest BCUT2D eigenvalue weighted by molar-refractivity contribution is 0.0974. The number of anilines is 1. The van der Waals surface area contributed by atoms with Gasteiger partial charge in [0.1, 0.15) is 0 Å². The molecule has 1 aliphatic rings. The molecule has 1 amide bonds. The molecule has 2 rings (SSSR count). The molecule has 0 aliphatic carbocycles. The Labute approximate surface area is 90.4 Å². The number of carbonyl (C=O) groups excluding carboxylic acids is 1. The number of hydrogen-bond acceptors (Lipinski definition) is 6. The highest BCUT2D eigenvalue weighted by atomic mass is 32.2. The van der Waals surface area contributed by atoms with Gasteiger partial charge in [-0.05, 0) is 0 Å². The van der Waals surface area contributed by atoms with E-state index in [9.17, 15) is 4.79 Å². The number of aromatic nitrogens is 2. The van der Waals surface area contributed by atoms with E-state index in [0.717, 1.165) is 12.3 Å². The second kappa shape index (κ2) is 4.26. The lowest BCUT2D eigenvalue weighted by Crippen LogP contribution is -2.29. The fourth-order valence-electron chi connectivity index (χ4n) is 1.09. The molecule has 6 nitrogen and oxygen atoms in total. The van der Waals surface area contributed by atoms with Crippen LogP contribution in [0.1, 0.15) is 10.5 Å². The van der Waals surface area contributed by atoms with E-state index in [1.165, 1.54) is 24.2 Å². The highest BCUT2D eigenvalue weighted by Crippen LogP contribution is 2.10. The van der Waals surface area contributed by atoms with Gasteiger partial charge in [-0.25, -0.2) is 9.97 Å². The number of amides is 1. The minimum atomic E-state index is -0.367. The van der Waals surface area contributed by atoms with Gasteiger partial charge in [-0.2, -0.15) is 0 Å². The van der Waals surface area contributed by atoms with Crippen LogP contribution >= 0.6 is 11.8 Å². The van der Waals surface area contributed by atoms with Gasteiger partial charge >= 0.3 is 0 Å². The van der Waals surface area contributed by atoms with Crippen molar-refractivity contribution in [1.82, 2.24) is 15.3 Å². The monoisotopic (exact) mass is 223 g/mol. The molecule has 3 N–H and O–H groups in total. The van der Waals surface area contributed by atoms with Crippen molar-refractivity contribution in [2.24, 2.45) is 4.99 Å². The molecule has 0 radical (unpaired) electrons. The maximum atomic E-state index is 11.6. The van der Waals surface area contributed by atoms with Crippen LogP contribution in [0.4, 0.5) is 5.82 Å². The molecule has 78 valence electrons. The van der Waals surface area contributed by atoms with Crippen molar-refractivity contribution in [1.29, 1.82) is 0 Å². The Hall–Kier alpha value is -1.63. The van der Waals surface area contributed by atoms with Crippen LogP contribution in [0.2, 0.25) is 0 Å². The van der Waals surface area contributed by atoms with Crippen molar-refractivity contribution < 1.29 is 4.79 Å². The average molecular weight is 223 g/mol. The highest BCUT2D eigenvalue weighted by Gasteiger charge is 2.15. The Balaban J connectivity index is 2.11. The predicted octanol–water partition coefficient (Wildman–Crippen LogP) is -0.109. The summed E-state index contributed by atoms with van der Waals surface area (Å²) in [5.74, 6) is 0.651. The van der Waals surface area contributed by atoms with Crippen LogP contribution in [0.25, 0.3) is 0 Å². The van der Waals surface area contributed by atoms with Gasteiger partial charge in [0, 0.05) is 18.1 Å². The van der Waals surface area contributed by atoms with Gasteiger partial charge in [0.05, 0.1) is 6.54 Å². The summed E-state index contributed by atoms with van der Waals surface area (Å²) < 4.78 is 0. The van der Waals surface area contributed by atoms with Gasteiger partial charge in [0.15, 0.2) is 16.7 Å². The molecule has 1 aromatic heterocycles. The molecule has 0 aromatic carbocycles. The molecular formula is C8H9N5OS. The van der Waals surface area contributed by atoms with E-state index in [2.05, 4.69) is 20.3 Å². The normalized spacial score (nSPS) is 14.8. The molecule has 0 fully saturated rings. The van der Waals surface area contributed by atoms with Crippen molar-refractivity contribution in [3.05, 3.63) is 18.1 Å². The third-order valence-corrected chi connectivity index (χ3v) is 2.64. The van der Waals surface area contributed by atoms with Crippen molar-refractivity contribution >= 4 is 28.7 Å². The number of amidine groups is 1. The van der Waals surface area contributed by atoms with Crippen LogP contribution in [-0.4, -0.2) is 33.3 Å². The van der Waals surface area contributed by atoms with Crippen molar-refractivity contribution in [3.63, 3.8) is 0 Å². The Morgan fingerprint density at radius 2 is 2.27 bits per heavy atom. The second-order valence-corrected chi connectivity index (χ2v) is 3.86. The molecule has 0 unspecified atom stereocenters. The minimum absolute atomic E-state index is 0.124. The van der Waals surface area contributed by atoms with Crippen LogP contribution in [0, 0.1) is 0 Å². The van der Waals surface area contributed by atoms with E-state index in [4.69, 9.17) is 5.73 Å². The molecule has 2 heterocycles. The van der Waals surface area contributed by atoms with Gasteiger partial charge < -0.3 is 5.73 Å². The molecule has 15 heavy (non-hydrogen) atoms. The molecule has 0 spiro atoms. The lowest BCUT2D eigenvalue weighted by atomic mass is 10.4. The van der Waals surface area contributed by atoms with Gasteiger partial charge in [0.2, 0.25) is 0 Å². The first-order valence-corrected chi connectivity index (χ1v) is 5.31. The smallest absolute Gasteiger partial charge is 0.279 e. The zero-order valence-electron chi connectivity index (χ0n) is 7.80. The third kappa shape index (κ3) is 2.24. The molecule has 0 bridgehead atoms. The Morgan fingerprint density at radius 1 is 1.47 bits per heavy atom. The van der Waals surface area contributed by atoms with Gasteiger partial charge in [-0.15, -0.1) is 0 Å². The van der Waals surface area contributed by atoms with Crippen LogP contribution in [0.3, 0.4) is 0 Å². The minimum Gasteiger partial charge on any atom is -0.382 e. The Morgan fingerprint density at radius 3 is 2.93 bits per heavy atom. The van der Waals surface area contributed by atoms with E-state index in [1.54, 1.807) is 0 Å². The maximum Gasteiger partial charge on any atom is 0.279 e. The summed E-state index contributed by atoms with van der Waals surface area (Å²) in [6.07, 6.45) is 2.86. The number of nitrogens with zero attached hydrogens (tertiary/aromatic N) is 3. The SMILES string of the molecule is Nc1nccnc1C(=O)NC1=NCCS1. The lowest BCUT2D eigenvalue weighted by Gasteiger charge is -2.03. The molecule has 1 aliphatic heterocycles. The average Bonchev–Trinajstić information content (AvgIpc) is 2.71. The van der Waals surface area contributed by atoms with E-state index in [-0.39, 0.29) is 17.4 Å². The van der Waals surface area contributed by atoms with E-state index in [1.807, 2.05) is 0 Å². The van der Waals surface area contributed by atoms with Gasteiger partial charge in [0.25, 0.3) is 5.91 Å². The number of aliphatic imine (C=N–C) groups is 1. The molecule has 0 saturated carbocycles. The predicted molar refractivity (Wildman–Crippen MR) is 58.7 cm³/mol. The Bertz CT molecular complexity index is 419. The fraction of sp³-hybridized carbons (Fsp3) is 0.250. The molecule has 7 heteroatoms. The zero-order chi connectivity index (χ0) is 10.7. The van der Waals surface area contributed by atoms with E-state index in [0.29, 0.717) is 5.17 Å². The molecular weight excluding hydrogens is 214 g/mol. The fourth-order valence-corrected chi connectivity index (χ4v) is 1.81. The number of thioether (sulfide) groups is 1. The largest absolute Gasteiger partial charge is 0.382 e. The van der Waals surface area contributed by atoms with Crippen molar-refractivity contribution in [3.8, 4) is 0 Å². The Kier molecular flexibility index (Phi) is 2.82. The summed E-state index contributed by atoms with van der Waals surface area (Å²) in [7, 11) is 0. The topological polar surface area (TPSA) is 93.3 Å². The van der Waals surface area contributed by atoms with Crippen molar-refractivity contribution in [2.45, 2.75) is 0 Å². The standard InChI is InChI=1S/C8H9N5OS/c9-6-5(10-1-2-11-6)7(14)13-8-12-3-4-15-8/h1-2H,3-4H2,(H2,9,11)(H,12,13,14). The number of carbonyl (C=O) groups is 1. The van der Waals surface area contributed by atoms with E-state index >= 15 is 0 Å². The summed E-state index contributed by atoms with van der Waals surface area (Å²) in [4.78, 5) is 23.4. The third-order valence-electron chi connectivity index (χ3n) is 1.75. The quantitative estimate of drug-likeness (QED) is 0.693. The van der Waals surface area contributed by atoms with Gasteiger partial charge in [-0.3, -0.25) is 15.1 Å². The molecule has 0 saturated heterocycles. The van der Waals surface area contributed by atoms with Crippen LogP contribution in [0.5, 0.6) is 0 Å². The van der Waals surface area contributed by atoms with Crippen LogP contribution < -0.4 is 11.1 Å². The number of rotatable bonds is 1. The summed E-state index contributed by atoms with van der Waals surface area (Å²) in [6.45, 7) is 0.732. The summed E-state index contributed by atoms with van der Waals surface area (Å²) in [5, 5.41) is 3.24. The first kappa shape index (κ1) is 9.91. The first-order valence-electron chi connectivity index (χ1n) is 4.32. The maximum absolute atomic E-state index is 11.6. The number of hydrogen-bond donors (Lipinski definition) is 2. The number of nitrogens with one attached hydrogen (secondary N) is 1. The summed E-state index contributed by atoms with van der Waals surface area (Å²) in [5.41, 5.74) is 5.65. The number of nitrogen functional groups attached to an aromatic ring is 1. The van der Waals surface area contributed by atoms with E-state index < -0.39 is 0 Å².